The zero-order valence-corrected chi connectivity index (χ0v) is 20.8. The van der Waals surface area contributed by atoms with Crippen LogP contribution < -0.4 is 10.1 Å². The molecule has 0 radical (unpaired) electrons. The van der Waals surface area contributed by atoms with E-state index in [-0.39, 0.29) is 23.4 Å². The summed E-state index contributed by atoms with van der Waals surface area (Å²) >= 11 is 0. The normalized spacial score (nSPS) is 12.4. The summed E-state index contributed by atoms with van der Waals surface area (Å²) in [5.41, 5.74) is 1.85. The number of aromatic nitrogens is 1. The second-order valence-corrected chi connectivity index (χ2v) is 8.84. The molecule has 0 spiro atoms. The van der Waals surface area contributed by atoms with Crippen LogP contribution in [0.4, 0.5) is 26.3 Å². The number of halogens is 6. The highest BCUT2D eigenvalue weighted by atomic mass is 19.4. The second-order valence-electron chi connectivity index (χ2n) is 8.84. The average Bonchev–Trinajstić information content (AvgIpc) is 2.92. The topological polar surface area (TPSA) is 88.5 Å². The van der Waals surface area contributed by atoms with Crippen molar-refractivity contribution < 1.29 is 45.8 Å². The highest BCUT2D eigenvalue weighted by Gasteiger charge is 2.31. The maximum Gasteiger partial charge on any atom is 0.573 e. The SMILES string of the molecule is O=C(NC(Cc1ccc(-c2ccc(OC(F)(F)F)cc2)cc1)C(=O)O)c1ccc(-c2ccc(C(F)(F)F)cn2)cc1. The van der Waals surface area contributed by atoms with E-state index in [4.69, 9.17) is 0 Å². The molecule has 1 atom stereocenters. The van der Waals surface area contributed by atoms with Gasteiger partial charge in [0.15, 0.2) is 0 Å². The quantitative estimate of drug-likeness (QED) is 0.227. The minimum atomic E-state index is -4.80. The number of carbonyl (C=O) groups is 2. The maximum atomic E-state index is 12.7. The molecule has 1 unspecified atom stereocenters. The Kier molecular flexibility index (Phi) is 8.31. The van der Waals surface area contributed by atoms with Crippen LogP contribution in [0, 0.1) is 0 Å². The lowest BCUT2D eigenvalue weighted by molar-refractivity contribution is -0.274. The predicted molar refractivity (Wildman–Crippen MR) is 136 cm³/mol. The van der Waals surface area contributed by atoms with Crippen molar-refractivity contribution in [3.8, 4) is 28.1 Å². The lowest BCUT2D eigenvalue weighted by Gasteiger charge is -2.15. The first-order valence-electron chi connectivity index (χ1n) is 11.9. The number of nitrogens with zero attached hydrogens (tertiary/aromatic N) is 1. The summed E-state index contributed by atoms with van der Waals surface area (Å²) in [6, 6.07) is 18.5. The van der Waals surface area contributed by atoms with Gasteiger partial charge in [0.25, 0.3) is 5.91 Å². The Morgan fingerprint density at radius 1 is 0.780 bits per heavy atom. The number of hydrogen-bond acceptors (Lipinski definition) is 4. The van der Waals surface area contributed by atoms with Gasteiger partial charge in [0, 0.05) is 23.7 Å². The minimum absolute atomic E-state index is 0.0483. The van der Waals surface area contributed by atoms with E-state index < -0.39 is 36.0 Å². The van der Waals surface area contributed by atoms with Crippen LogP contribution in [-0.4, -0.2) is 34.4 Å². The Labute approximate surface area is 229 Å². The van der Waals surface area contributed by atoms with Crippen LogP contribution in [0.5, 0.6) is 5.75 Å². The van der Waals surface area contributed by atoms with Crippen molar-refractivity contribution in [2.24, 2.45) is 0 Å². The number of carbonyl (C=O) groups excluding carboxylic acids is 1. The average molecular weight is 574 g/mol. The van der Waals surface area contributed by atoms with Crippen molar-refractivity contribution >= 4 is 11.9 Å². The molecule has 0 fully saturated rings. The predicted octanol–water partition coefficient (Wildman–Crippen LogP) is 6.76. The zero-order chi connectivity index (χ0) is 29.8. The fourth-order valence-corrected chi connectivity index (χ4v) is 3.88. The molecule has 12 heteroatoms. The molecule has 0 aliphatic rings. The lowest BCUT2D eigenvalue weighted by Crippen LogP contribution is -2.42. The highest BCUT2D eigenvalue weighted by molar-refractivity contribution is 5.97. The van der Waals surface area contributed by atoms with Gasteiger partial charge in [-0.3, -0.25) is 9.78 Å². The molecular formula is C29H20F6N2O4. The first kappa shape index (κ1) is 29.1. The Morgan fingerprint density at radius 3 is 1.83 bits per heavy atom. The van der Waals surface area contributed by atoms with Gasteiger partial charge in [-0.1, -0.05) is 48.5 Å². The second kappa shape index (κ2) is 11.7. The molecule has 1 heterocycles. The fraction of sp³-hybridized carbons (Fsp3) is 0.138. The molecule has 1 amide bonds. The number of pyridine rings is 1. The molecule has 4 aromatic rings. The van der Waals surface area contributed by atoms with Gasteiger partial charge in [-0.15, -0.1) is 13.2 Å². The molecule has 41 heavy (non-hydrogen) atoms. The van der Waals surface area contributed by atoms with Crippen molar-refractivity contribution in [1.29, 1.82) is 0 Å². The van der Waals surface area contributed by atoms with Crippen molar-refractivity contribution in [1.82, 2.24) is 10.3 Å². The Morgan fingerprint density at radius 2 is 1.34 bits per heavy atom. The summed E-state index contributed by atoms with van der Waals surface area (Å²) < 4.78 is 79.1. The summed E-state index contributed by atoms with van der Waals surface area (Å²) in [5.74, 6) is -2.29. The number of ether oxygens (including phenoxy) is 1. The largest absolute Gasteiger partial charge is 0.573 e. The Hall–Kier alpha value is -4.87. The molecule has 3 aromatic carbocycles. The number of nitrogens with one attached hydrogen (secondary N) is 1. The molecule has 212 valence electrons. The van der Waals surface area contributed by atoms with Crippen LogP contribution in [0.15, 0.2) is 91.1 Å². The molecule has 0 saturated heterocycles. The molecule has 0 aliphatic carbocycles. The van der Waals surface area contributed by atoms with E-state index in [0.29, 0.717) is 28.5 Å². The van der Waals surface area contributed by atoms with Gasteiger partial charge in [0.2, 0.25) is 0 Å². The van der Waals surface area contributed by atoms with E-state index in [1.807, 2.05) is 0 Å². The van der Waals surface area contributed by atoms with Gasteiger partial charge in [0.05, 0.1) is 11.3 Å². The number of amides is 1. The molecular weight excluding hydrogens is 554 g/mol. The number of hydrogen-bond donors (Lipinski definition) is 2. The van der Waals surface area contributed by atoms with E-state index in [2.05, 4.69) is 15.0 Å². The van der Waals surface area contributed by atoms with Crippen molar-refractivity contribution in [2.75, 3.05) is 0 Å². The van der Waals surface area contributed by atoms with Crippen molar-refractivity contribution in [2.45, 2.75) is 25.0 Å². The number of carboxylic acid groups (broad SMARTS) is 1. The third kappa shape index (κ3) is 7.84. The molecule has 0 bridgehead atoms. The van der Waals surface area contributed by atoms with E-state index in [0.717, 1.165) is 6.07 Å². The number of aliphatic carboxylic acids is 1. The van der Waals surface area contributed by atoms with Crippen LogP contribution in [0.25, 0.3) is 22.4 Å². The van der Waals surface area contributed by atoms with E-state index in [9.17, 15) is 41.0 Å². The van der Waals surface area contributed by atoms with Crippen LogP contribution in [0.3, 0.4) is 0 Å². The highest BCUT2D eigenvalue weighted by Crippen LogP contribution is 2.30. The summed E-state index contributed by atoms with van der Waals surface area (Å²) in [4.78, 5) is 28.3. The summed E-state index contributed by atoms with van der Waals surface area (Å²) in [7, 11) is 0. The van der Waals surface area contributed by atoms with Gasteiger partial charge < -0.3 is 15.2 Å². The first-order valence-corrected chi connectivity index (χ1v) is 11.9. The molecule has 1 aromatic heterocycles. The molecule has 0 saturated carbocycles. The van der Waals surface area contributed by atoms with Crippen LogP contribution in [0.2, 0.25) is 0 Å². The number of carboxylic acids is 1. The molecule has 0 aliphatic heterocycles. The Bertz CT molecular complexity index is 1500. The van der Waals surface area contributed by atoms with Gasteiger partial charge in [-0.05, 0) is 53.1 Å². The summed E-state index contributed by atoms with van der Waals surface area (Å²) in [6.07, 6.45) is -8.65. The summed E-state index contributed by atoms with van der Waals surface area (Å²) in [6.45, 7) is 0. The third-order valence-electron chi connectivity index (χ3n) is 5.95. The van der Waals surface area contributed by atoms with Crippen LogP contribution in [-0.2, 0) is 17.4 Å². The standard InChI is InChI=1S/C29H20F6N2O4/c30-28(31,32)22-11-14-24(36-16-22)20-5-7-21(8-6-20)26(38)37-25(27(39)40)15-17-1-3-18(4-2-17)19-9-12-23(13-10-19)41-29(33,34)35/h1-14,16,25H,15H2,(H,37,38)(H,39,40). The molecule has 2 N–H and O–H groups in total. The zero-order valence-electron chi connectivity index (χ0n) is 20.8. The Balaban J connectivity index is 1.39. The first-order chi connectivity index (χ1) is 19.3. The van der Waals surface area contributed by atoms with Crippen molar-refractivity contribution in [3.63, 3.8) is 0 Å². The molecule has 6 nitrogen and oxygen atoms in total. The van der Waals surface area contributed by atoms with E-state index >= 15 is 0 Å². The monoisotopic (exact) mass is 574 g/mol. The minimum Gasteiger partial charge on any atom is -0.480 e. The fourth-order valence-electron chi connectivity index (χ4n) is 3.88. The van der Waals surface area contributed by atoms with Gasteiger partial charge in [-0.2, -0.15) is 13.2 Å². The maximum absolute atomic E-state index is 12.7. The van der Waals surface area contributed by atoms with E-state index in [1.54, 1.807) is 24.3 Å². The lowest BCUT2D eigenvalue weighted by atomic mass is 10.00. The molecule has 4 rings (SSSR count). The third-order valence-corrected chi connectivity index (χ3v) is 5.95. The van der Waals surface area contributed by atoms with Gasteiger partial charge in [-0.25, -0.2) is 4.79 Å². The summed E-state index contributed by atoms with van der Waals surface area (Å²) in [5, 5.41) is 12.1. The van der Waals surface area contributed by atoms with Gasteiger partial charge in [0.1, 0.15) is 11.8 Å². The van der Waals surface area contributed by atoms with Gasteiger partial charge >= 0.3 is 18.5 Å². The number of alkyl halides is 6. The van der Waals surface area contributed by atoms with Crippen LogP contribution in [0.1, 0.15) is 21.5 Å². The van der Waals surface area contributed by atoms with Crippen LogP contribution >= 0.6 is 0 Å². The van der Waals surface area contributed by atoms with E-state index in [1.165, 1.54) is 54.6 Å². The number of benzene rings is 3. The van der Waals surface area contributed by atoms with Crippen molar-refractivity contribution in [3.05, 3.63) is 108 Å². The smallest absolute Gasteiger partial charge is 0.480 e. The number of rotatable bonds is 8.